The van der Waals surface area contributed by atoms with E-state index in [1.807, 2.05) is 30.3 Å². The summed E-state index contributed by atoms with van der Waals surface area (Å²) >= 11 is 0. The Balaban J connectivity index is 2.11. The molecule has 0 heterocycles. The summed E-state index contributed by atoms with van der Waals surface area (Å²) in [7, 11) is 1.33. The Hall–Kier alpha value is -3.42. The van der Waals surface area contributed by atoms with Crippen LogP contribution in [0.5, 0.6) is 11.5 Å². The SMILES string of the molecule is COc1cc(/C=C/C(=O)NC(CC(=O)OC(C)C)c2ccccc2)ccc1OC(F)F. The molecule has 0 radical (unpaired) electrons. The van der Waals surface area contributed by atoms with Crippen molar-refractivity contribution in [1.82, 2.24) is 5.32 Å². The molecule has 0 aliphatic heterocycles. The molecule has 1 atom stereocenters. The summed E-state index contributed by atoms with van der Waals surface area (Å²) in [6.45, 7) is 0.532. The zero-order chi connectivity index (χ0) is 22.8. The maximum absolute atomic E-state index is 12.5. The number of carbonyl (C=O) groups is 2. The van der Waals surface area contributed by atoms with Crippen LogP contribution in [0.1, 0.15) is 37.4 Å². The molecular weight excluding hydrogens is 408 g/mol. The van der Waals surface area contributed by atoms with Crippen molar-refractivity contribution in [2.45, 2.75) is 39.0 Å². The number of benzene rings is 2. The first kappa shape index (κ1) is 23.9. The number of hydrogen-bond acceptors (Lipinski definition) is 5. The van der Waals surface area contributed by atoms with Crippen LogP contribution in [-0.2, 0) is 14.3 Å². The average Bonchev–Trinajstić information content (AvgIpc) is 2.72. The van der Waals surface area contributed by atoms with Crippen molar-refractivity contribution in [3.8, 4) is 11.5 Å². The fourth-order valence-electron chi connectivity index (χ4n) is 2.79. The van der Waals surface area contributed by atoms with Crippen LogP contribution in [0, 0.1) is 0 Å². The Morgan fingerprint density at radius 3 is 2.39 bits per heavy atom. The maximum atomic E-state index is 12.5. The fourth-order valence-corrected chi connectivity index (χ4v) is 2.79. The van der Waals surface area contributed by atoms with Gasteiger partial charge in [-0.1, -0.05) is 36.4 Å². The number of rotatable bonds is 10. The van der Waals surface area contributed by atoms with Gasteiger partial charge in [0.1, 0.15) is 0 Å². The number of hydrogen-bond donors (Lipinski definition) is 1. The van der Waals surface area contributed by atoms with E-state index in [0.717, 1.165) is 5.56 Å². The van der Waals surface area contributed by atoms with Crippen LogP contribution in [0.15, 0.2) is 54.6 Å². The Morgan fingerprint density at radius 1 is 1.06 bits per heavy atom. The molecule has 2 aromatic carbocycles. The van der Waals surface area contributed by atoms with Gasteiger partial charge in [-0.3, -0.25) is 9.59 Å². The molecule has 0 saturated carbocycles. The summed E-state index contributed by atoms with van der Waals surface area (Å²) in [4.78, 5) is 24.6. The van der Waals surface area contributed by atoms with Crippen molar-refractivity contribution in [3.05, 3.63) is 65.7 Å². The summed E-state index contributed by atoms with van der Waals surface area (Å²) in [5.74, 6) is -0.848. The highest BCUT2D eigenvalue weighted by Crippen LogP contribution is 2.29. The van der Waals surface area contributed by atoms with Crippen molar-refractivity contribution in [2.75, 3.05) is 7.11 Å². The summed E-state index contributed by atoms with van der Waals surface area (Å²) < 4.78 is 39.5. The van der Waals surface area contributed by atoms with Gasteiger partial charge in [-0.05, 0) is 43.2 Å². The van der Waals surface area contributed by atoms with Gasteiger partial charge in [0.25, 0.3) is 0 Å². The molecule has 8 heteroatoms. The molecule has 6 nitrogen and oxygen atoms in total. The smallest absolute Gasteiger partial charge is 0.387 e. The number of halogens is 2. The van der Waals surface area contributed by atoms with Gasteiger partial charge in [0.05, 0.1) is 25.7 Å². The third kappa shape index (κ3) is 8.08. The molecule has 0 saturated heterocycles. The van der Waals surface area contributed by atoms with E-state index in [4.69, 9.17) is 9.47 Å². The van der Waals surface area contributed by atoms with E-state index in [1.54, 1.807) is 13.8 Å². The van der Waals surface area contributed by atoms with E-state index in [1.165, 1.54) is 37.5 Å². The van der Waals surface area contributed by atoms with E-state index in [-0.39, 0.29) is 24.0 Å². The van der Waals surface area contributed by atoms with Crippen molar-refractivity contribution in [2.24, 2.45) is 0 Å². The number of amides is 1. The van der Waals surface area contributed by atoms with Gasteiger partial charge in [-0.2, -0.15) is 8.78 Å². The second-order valence-corrected chi connectivity index (χ2v) is 6.84. The second-order valence-electron chi connectivity index (χ2n) is 6.84. The molecule has 0 fully saturated rings. The molecule has 1 N–H and O–H groups in total. The van der Waals surface area contributed by atoms with Crippen LogP contribution in [-0.4, -0.2) is 31.7 Å². The number of esters is 1. The summed E-state index contributed by atoms with van der Waals surface area (Å²) in [5.41, 5.74) is 1.31. The summed E-state index contributed by atoms with van der Waals surface area (Å²) in [5, 5.41) is 2.79. The third-order valence-electron chi connectivity index (χ3n) is 4.09. The molecule has 166 valence electrons. The lowest BCUT2D eigenvalue weighted by Gasteiger charge is -2.18. The minimum Gasteiger partial charge on any atom is -0.493 e. The predicted molar refractivity (Wildman–Crippen MR) is 112 cm³/mol. The molecule has 0 bridgehead atoms. The van der Waals surface area contributed by atoms with Gasteiger partial charge in [0.15, 0.2) is 11.5 Å². The van der Waals surface area contributed by atoms with Gasteiger partial charge in [-0.15, -0.1) is 0 Å². The van der Waals surface area contributed by atoms with Crippen LogP contribution < -0.4 is 14.8 Å². The number of nitrogens with one attached hydrogen (secondary N) is 1. The largest absolute Gasteiger partial charge is 0.493 e. The first-order valence-corrected chi connectivity index (χ1v) is 9.64. The molecule has 0 aliphatic carbocycles. The summed E-state index contributed by atoms with van der Waals surface area (Å²) in [6, 6.07) is 12.8. The lowest BCUT2D eigenvalue weighted by Crippen LogP contribution is -2.29. The first-order valence-electron chi connectivity index (χ1n) is 9.64. The first-order chi connectivity index (χ1) is 14.8. The highest BCUT2D eigenvalue weighted by Gasteiger charge is 2.19. The standard InChI is InChI=1S/C23H25F2NO5/c1-15(2)30-22(28)14-18(17-7-5-4-6-8-17)26-21(27)12-10-16-9-11-19(31-23(24)25)20(13-16)29-3/h4-13,15,18,23H,14H2,1-3H3,(H,26,27)/b12-10+. The molecule has 0 spiro atoms. The number of ether oxygens (including phenoxy) is 3. The molecule has 1 unspecified atom stereocenters. The normalized spacial score (nSPS) is 12.1. The van der Waals surface area contributed by atoms with Crippen molar-refractivity contribution in [3.63, 3.8) is 0 Å². The molecule has 0 aromatic heterocycles. The zero-order valence-corrected chi connectivity index (χ0v) is 17.5. The topological polar surface area (TPSA) is 73.9 Å². The highest BCUT2D eigenvalue weighted by molar-refractivity contribution is 5.92. The molecule has 0 aliphatic rings. The lowest BCUT2D eigenvalue weighted by molar-refractivity contribution is -0.148. The lowest BCUT2D eigenvalue weighted by atomic mass is 10.0. The number of alkyl halides is 2. The molecule has 31 heavy (non-hydrogen) atoms. The highest BCUT2D eigenvalue weighted by atomic mass is 19.3. The third-order valence-corrected chi connectivity index (χ3v) is 4.09. The molecule has 2 aromatic rings. The molecule has 2 rings (SSSR count). The monoisotopic (exact) mass is 433 g/mol. The minimum absolute atomic E-state index is 0.0186. The molecule has 1 amide bonds. The van der Waals surface area contributed by atoms with Gasteiger partial charge in [0.2, 0.25) is 5.91 Å². The van der Waals surface area contributed by atoms with E-state index in [9.17, 15) is 18.4 Å². The van der Waals surface area contributed by atoms with Crippen LogP contribution >= 0.6 is 0 Å². The van der Waals surface area contributed by atoms with Gasteiger partial charge in [-0.25, -0.2) is 0 Å². The Morgan fingerprint density at radius 2 is 1.77 bits per heavy atom. The van der Waals surface area contributed by atoms with E-state index < -0.39 is 24.5 Å². The average molecular weight is 433 g/mol. The van der Waals surface area contributed by atoms with Crippen LogP contribution in [0.3, 0.4) is 0 Å². The van der Waals surface area contributed by atoms with Gasteiger partial charge >= 0.3 is 12.6 Å². The predicted octanol–water partition coefficient (Wildman–Crippen LogP) is 4.51. The Kier molecular flexibility index (Phi) is 8.99. The van der Waals surface area contributed by atoms with Crippen LogP contribution in [0.4, 0.5) is 8.78 Å². The van der Waals surface area contributed by atoms with E-state index >= 15 is 0 Å². The molecular formula is C23H25F2NO5. The van der Waals surface area contributed by atoms with Crippen molar-refractivity contribution < 1.29 is 32.6 Å². The maximum Gasteiger partial charge on any atom is 0.387 e. The zero-order valence-electron chi connectivity index (χ0n) is 17.5. The van der Waals surface area contributed by atoms with Crippen LogP contribution in [0.25, 0.3) is 6.08 Å². The van der Waals surface area contributed by atoms with E-state index in [2.05, 4.69) is 10.1 Å². The van der Waals surface area contributed by atoms with Gasteiger partial charge < -0.3 is 19.5 Å². The summed E-state index contributed by atoms with van der Waals surface area (Å²) in [6.07, 6.45) is 2.51. The van der Waals surface area contributed by atoms with Crippen molar-refractivity contribution >= 4 is 18.0 Å². The fraction of sp³-hybridized carbons (Fsp3) is 0.304. The Labute approximate surface area is 179 Å². The number of carbonyl (C=O) groups excluding carboxylic acids is 2. The quantitative estimate of drug-likeness (QED) is 0.441. The van der Waals surface area contributed by atoms with Gasteiger partial charge in [0, 0.05) is 6.08 Å². The van der Waals surface area contributed by atoms with E-state index in [0.29, 0.717) is 5.56 Å². The second kappa shape index (κ2) is 11.7. The Bertz CT molecular complexity index is 900. The minimum atomic E-state index is -2.97. The number of methoxy groups -OCH3 is 1. The van der Waals surface area contributed by atoms with Crippen molar-refractivity contribution in [1.29, 1.82) is 0 Å². The van der Waals surface area contributed by atoms with Crippen LogP contribution in [0.2, 0.25) is 0 Å².